The highest BCUT2D eigenvalue weighted by molar-refractivity contribution is 5.93. The van der Waals surface area contributed by atoms with Gasteiger partial charge in [-0.05, 0) is 18.9 Å². The molecule has 3 nitrogen and oxygen atoms in total. The second-order valence-electron chi connectivity index (χ2n) is 4.16. The van der Waals surface area contributed by atoms with Gasteiger partial charge in [-0.1, -0.05) is 13.8 Å². The van der Waals surface area contributed by atoms with Crippen LogP contribution in [0.4, 0.5) is 0 Å². The molecule has 15 heavy (non-hydrogen) atoms. The van der Waals surface area contributed by atoms with Gasteiger partial charge in [-0.2, -0.15) is 0 Å². The molecule has 0 amide bonds. The molecule has 1 aromatic heterocycles. The summed E-state index contributed by atoms with van der Waals surface area (Å²) in [6.07, 6.45) is 3.77. The first-order chi connectivity index (χ1) is 7.09. The van der Waals surface area contributed by atoms with E-state index in [9.17, 15) is 4.79 Å². The molecule has 0 aliphatic rings. The fourth-order valence-electron chi connectivity index (χ4n) is 1.28. The molecule has 0 bridgehead atoms. The highest BCUT2D eigenvalue weighted by Gasteiger charge is 2.01. The molecule has 0 unspecified atom stereocenters. The average molecular weight is 209 g/mol. The van der Waals surface area contributed by atoms with Crippen molar-refractivity contribution in [3.63, 3.8) is 0 Å². The second kappa shape index (κ2) is 5.71. The number of Topliss-reactive ketones (excluding diaryl/α,β-unsaturated/α-hetero) is 1. The summed E-state index contributed by atoms with van der Waals surface area (Å²) in [5.41, 5.74) is 0.763. The Morgan fingerprint density at radius 1 is 1.53 bits per heavy atom. The Morgan fingerprint density at radius 2 is 2.27 bits per heavy atom. The zero-order valence-corrected chi connectivity index (χ0v) is 9.69. The van der Waals surface area contributed by atoms with Gasteiger partial charge in [-0.3, -0.25) is 4.79 Å². The van der Waals surface area contributed by atoms with Gasteiger partial charge in [0.1, 0.15) is 0 Å². The van der Waals surface area contributed by atoms with Gasteiger partial charge < -0.3 is 9.30 Å². The molecular weight excluding hydrogens is 190 g/mol. The Balaban J connectivity index is 2.29. The van der Waals surface area contributed by atoms with Crippen LogP contribution in [0, 0.1) is 5.92 Å². The molecule has 0 saturated heterocycles. The molecule has 1 heterocycles. The van der Waals surface area contributed by atoms with Crippen molar-refractivity contribution in [1.29, 1.82) is 0 Å². The summed E-state index contributed by atoms with van der Waals surface area (Å²) in [6, 6.07) is 1.84. The first-order valence-electron chi connectivity index (χ1n) is 5.34. The molecule has 0 radical (unpaired) electrons. The number of aromatic nitrogens is 1. The van der Waals surface area contributed by atoms with Gasteiger partial charge in [0.2, 0.25) is 0 Å². The predicted molar refractivity (Wildman–Crippen MR) is 60.1 cm³/mol. The third-order valence-electron chi connectivity index (χ3n) is 2.10. The van der Waals surface area contributed by atoms with Crippen molar-refractivity contribution < 1.29 is 9.53 Å². The number of rotatable bonds is 6. The maximum atomic E-state index is 11.0. The molecule has 0 spiro atoms. The van der Waals surface area contributed by atoms with E-state index in [0.717, 1.165) is 18.7 Å². The minimum atomic E-state index is 0.108. The van der Waals surface area contributed by atoms with E-state index < -0.39 is 0 Å². The van der Waals surface area contributed by atoms with Crippen LogP contribution < -0.4 is 0 Å². The average Bonchev–Trinajstić information content (AvgIpc) is 2.60. The molecule has 0 atom stereocenters. The van der Waals surface area contributed by atoms with Gasteiger partial charge >= 0.3 is 0 Å². The molecule has 1 aromatic rings. The van der Waals surface area contributed by atoms with Crippen LogP contribution in [-0.4, -0.2) is 23.6 Å². The van der Waals surface area contributed by atoms with E-state index in [-0.39, 0.29) is 5.78 Å². The topological polar surface area (TPSA) is 31.2 Å². The molecule has 0 aliphatic heterocycles. The summed E-state index contributed by atoms with van der Waals surface area (Å²) in [5, 5.41) is 0. The molecule has 0 aromatic carbocycles. The van der Waals surface area contributed by atoms with E-state index in [1.807, 2.05) is 23.0 Å². The van der Waals surface area contributed by atoms with E-state index in [2.05, 4.69) is 13.8 Å². The normalized spacial score (nSPS) is 10.9. The minimum absolute atomic E-state index is 0.108. The molecule has 0 aliphatic carbocycles. The molecule has 0 saturated carbocycles. The number of carbonyl (C=O) groups is 1. The third kappa shape index (κ3) is 4.30. The molecule has 84 valence electrons. The monoisotopic (exact) mass is 209 g/mol. The predicted octanol–water partition coefficient (Wildman–Crippen LogP) is 2.36. The summed E-state index contributed by atoms with van der Waals surface area (Å²) in [5.74, 6) is 0.680. The standard InChI is InChI=1S/C12H19NO2/c1-10(2)9-15-7-6-13-5-4-12(8-13)11(3)14/h4-5,8,10H,6-7,9H2,1-3H3. The van der Waals surface area contributed by atoms with Crippen LogP contribution >= 0.6 is 0 Å². The summed E-state index contributed by atoms with van der Waals surface area (Å²) < 4.78 is 7.45. The fourth-order valence-corrected chi connectivity index (χ4v) is 1.28. The molecular formula is C12H19NO2. The largest absolute Gasteiger partial charge is 0.379 e. The Hall–Kier alpha value is -1.09. The van der Waals surface area contributed by atoms with Crippen molar-refractivity contribution >= 4 is 5.78 Å². The van der Waals surface area contributed by atoms with Crippen molar-refractivity contribution in [1.82, 2.24) is 4.57 Å². The van der Waals surface area contributed by atoms with E-state index >= 15 is 0 Å². The van der Waals surface area contributed by atoms with Crippen LogP contribution in [0.1, 0.15) is 31.1 Å². The smallest absolute Gasteiger partial charge is 0.161 e. The van der Waals surface area contributed by atoms with E-state index in [0.29, 0.717) is 12.5 Å². The van der Waals surface area contributed by atoms with Crippen LogP contribution in [0.5, 0.6) is 0 Å². The SMILES string of the molecule is CC(=O)c1ccn(CCOCC(C)C)c1. The van der Waals surface area contributed by atoms with Crippen molar-refractivity contribution in [2.45, 2.75) is 27.3 Å². The summed E-state index contributed by atoms with van der Waals surface area (Å²) in [6.45, 7) is 8.13. The van der Waals surface area contributed by atoms with Gasteiger partial charge in [-0.15, -0.1) is 0 Å². The molecule has 1 rings (SSSR count). The lowest BCUT2D eigenvalue weighted by atomic mass is 10.2. The van der Waals surface area contributed by atoms with Crippen LogP contribution in [0.3, 0.4) is 0 Å². The molecule has 0 fully saturated rings. The van der Waals surface area contributed by atoms with Gasteiger partial charge in [0.05, 0.1) is 6.61 Å². The lowest BCUT2D eigenvalue weighted by Gasteiger charge is -2.07. The second-order valence-corrected chi connectivity index (χ2v) is 4.16. The number of hydrogen-bond donors (Lipinski definition) is 0. The highest BCUT2D eigenvalue weighted by atomic mass is 16.5. The number of hydrogen-bond acceptors (Lipinski definition) is 2. The van der Waals surface area contributed by atoms with Crippen molar-refractivity contribution in [2.24, 2.45) is 5.92 Å². The van der Waals surface area contributed by atoms with Crippen LogP contribution in [0.25, 0.3) is 0 Å². The van der Waals surface area contributed by atoms with E-state index in [1.54, 1.807) is 6.92 Å². The van der Waals surface area contributed by atoms with Crippen LogP contribution in [0.2, 0.25) is 0 Å². The van der Waals surface area contributed by atoms with Gasteiger partial charge in [0, 0.05) is 31.1 Å². The summed E-state index contributed by atoms with van der Waals surface area (Å²) in [7, 11) is 0. The van der Waals surface area contributed by atoms with Crippen molar-refractivity contribution in [2.75, 3.05) is 13.2 Å². The minimum Gasteiger partial charge on any atom is -0.379 e. The summed E-state index contributed by atoms with van der Waals surface area (Å²) in [4.78, 5) is 11.0. The van der Waals surface area contributed by atoms with E-state index in [4.69, 9.17) is 4.74 Å². The zero-order chi connectivity index (χ0) is 11.3. The third-order valence-corrected chi connectivity index (χ3v) is 2.10. The Labute approximate surface area is 91.0 Å². The highest BCUT2D eigenvalue weighted by Crippen LogP contribution is 2.02. The number of ketones is 1. The molecule has 3 heteroatoms. The van der Waals surface area contributed by atoms with Gasteiger partial charge in [0.25, 0.3) is 0 Å². The maximum Gasteiger partial charge on any atom is 0.161 e. The lowest BCUT2D eigenvalue weighted by molar-refractivity contribution is 0.101. The Kier molecular flexibility index (Phi) is 4.56. The number of nitrogens with zero attached hydrogens (tertiary/aromatic N) is 1. The first-order valence-corrected chi connectivity index (χ1v) is 5.34. The summed E-state index contributed by atoms with van der Waals surface area (Å²) >= 11 is 0. The van der Waals surface area contributed by atoms with Crippen molar-refractivity contribution in [3.8, 4) is 0 Å². The number of ether oxygens (including phenoxy) is 1. The fraction of sp³-hybridized carbons (Fsp3) is 0.583. The van der Waals surface area contributed by atoms with Gasteiger partial charge in [-0.25, -0.2) is 0 Å². The number of carbonyl (C=O) groups excluding carboxylic acids is 1. The quantitative estimate of drug-likeness (QED) is 0.532. The van der Waals surface area contributed by atoms with Gasteiger partial charge in [0.15, 0.2) is 5.78 Å². The van der Waals surface area contributed by atoms with Crippen LogP contribution in [0.15, 0.2) is 18.5 Å². The van der Waals surface area contributed by atoms with Crippen molar-refractivity contribution in [3.05, 3.63) is 24.0 Å². The Morgan fingerprint density at radius 3 is 2.80 bits per heavy atom. The first kappa shape index (κ1) is 12.0. The van der Waals surface area contributed by atoms with Crippen LogP contribution in [-0.2, 0) is 11.3 Å². The lowest BCUT2D eigenvalue weighted by Crippen LogP contribution is -2.08. The maximum absolute atomic E-state index is 11.0. The zero-order valence-electron chi connectivity index (χ0n) is 9.69. The molecule has 0 N–H and O–H groups in total. The van der Waals surface area contributed by atoms with E-state index in [1.165, 1.54) is 0 Å². The Bertz CT molecular complexity index is 315.